The fraction of sp³-hybridized carbons (Fsp3) is 0.208. The minimum Gasteiger partial charge on any atom is -0.268 e. The van der Waals surface area contributed by atoms with Crippen molar-refractivity contribution in [3.05, 3.63) is 94.5 Å². The molecule has 0 fully saturated rings. The summed E-state index contributed by atoms with van der Waals surface area (Å²) >= 11 is 5.92. The SMILES string of the molecule is CCCCc1ccc(N(C(=O)c2cccc(C)c2)S(=O)(=O)c2ccc(Cl)cc2)cc1. The largest absolute Gasteiger partial charge is 0.272 e. The normalized spacial score (nSPS) is 11.3. The molecule has 3 aromatic rings. The molecule has 0 N–H and O–H groups in total. The van der Waals surface area contributed by atoms with Crippen molar-refractivity contribution in [1.29, 1.82) is 0 Å². The molecule has 0 aliphatic heterocycles. The van der Waals surface area contributed by atoms with Crippen LogP contribution in [0.5, 0.6) is 0 Å². The zero-order valence-electron chi connectivity index (χ0n) is 17.0. The van der Waals surface area contributed by atoms with E-state index in [4.69, 9.17) is 11.6 Å². The molecule has 6 heteroatoms. The molecule has 0 atom stereocenters. The van der Waals surface area contributed by atoms with Gasteiger partial charge in [0.1, 0.15) is 0 Å². The number of hydrogen-bond acceptors (Lipinski definition) is 3. The lowest BCUT2D eigenvalue weighted by Gasteiger charge is -2.23. The maximum Gasteiger partial charge on any atom is 0.272 e. The Morgan fingerprint density at radius 2 is 1.63 bits per heavy atom. The van der Waals surface area contributed by atoms with Gasteiger partial charge in [-0.05, 0) is 73.9 Å². The third-order valence-electron chi connectivity index (χ3n) is 4.79. The van der Waals surface area contributed by atoms with Crippen LogP contribution in [0.4, 0.5) is 5.69 Å². The van der Waals surface area contributed by atoms with Crippen LogP contribution >= 0.6 is 11.6 Å². The first-order valence-corrected chi connectivity index (χ1v) is 11.7. The fourth-order valence-corrected chi connectivity index (χ4v) is 4.69. The maximum atomic E-state index is 13.5. The smallest absolute Gasteiger partial charge is 0.268 e. The van der Waals surface area contributed by atoms with Crippen molar-refractivity contribution in [2.45, 2.75) is 38.0 Å². The van der Waals surface area contributed by atoms with E-state index in [-0.39, 0.29) is 4.90 Å². The van der Waals surface area contributed by atoms with E-state index < -0.39 is 15.9 Å². The number of anilines is 1. The summed E-state index contributed by atoms with van der Waals surface area (Å²) in [7, 11) is -4.14. The van der Waals surface area contributed by atoms with E-state index in [2.05, 4.69) is 6.92 Å². The summed E-state index contributed by atoms with van der Waals surface area (Å²) in [4.78, 5) is 13.4. The number of hydrogen-bond donors (Lipinski definition) is 0. The number of rotatable bonds is 7. The molecule has 0 saturated heterocycles. The van der Waals surface area contributed by atoms with Crippen LogP contribution in [0.25, 0.3) is 0 Å². The summed E-state index contributed by atoms with van der Waals surface area (Å²) in [5.41, 5.74) is 2.59. The van der Waals surface area contributed by atoms with Crippen molar-refractivity contribution in [2.24, 2.45) is 0 Å². The van der Waals surface area contributed by atoms with Crippen molar-refractivity contribution in [2.75, 3.05) is 4.31 Å². The van der Waals surface area contributed by atoms with Gasteiger partial charge in [0.25, 0.3) is 15.9 Å². The van der Waals surface area contributed by atoms with Gasteiger partial charge in [0.05, 0.1) is 10.6 Å². The molecule has 0 aromatic heterocycles. The number of sulfonamides is 1. The summed E-state index contributed by atoms with van der Waals surface area (Å²) in [6, 6.07) is 19.8. The molecular weight excluding hydrogens is 418 g/mol. The number of halogens is 1. The van der Waals surface area contributed by atoms with E-state index in [0.717, 1.165) is 34.7 Å². The Morgan fingerprint density at radius 3 is 2.23 bits per heavy atom. The number of amides is 1. The number of benzene rings is 3. The second kappa shape index (κ2) is 9.45. The van der Waals surface area contributed by atoms with E-state index in [1.54, 1.807) is 30.3 Å². The van der Waals surface area contributed by atoms with Gasteiger partial charge in [0, 0.05) is 10.6 Å². The van der Waals surface area contributed by atoms with Crippen LogP contribution in [0, 0.1) is 6.92 Å². The number of unbranched alkanes of at least 4 members (excludes halogenated alkanes) is 1. The van der Waals surface area contributed by atoms with Crippen molar-refractivity contribution < 1.29 is 13.2 Å². The van der Waals surface area contributed by atoms with Crippen molar-refractivity contribution in [1.82, 2.24) is 0 Å². The Hall–Kier alpha value is -2.63. The lowest BCUT2D eigenvalue weighted by Crippen LogP contribution is -2.37. The molecule has 3 aromatic carbocycles. The third kappa shape index (κ3) is 4.91. The van der Waals surface area contributed by atoms with Crippen LogP contribution in [0.3, 0.4) is 0 Å². The average molecular weight is 442 g/mol. The van der Waals surface area contributed by atoms with Crippen LogP contribution in [0.2, 0.25) is 5.02 Å². The molecule has 0 aliphatic rings. The summed E-state index contributed by atoms with van der Waals surface area (Å²) in [6.45, 7) is 3.98. The quantitative estimate of drug-likeness (QED) is 0.450. The zero-order valence-corrected chi connectivity index (χ0v) is 18.6. The van der Waals surface area contributed by atoms with Gasteiger partial charge in [-0.1, -0.05) is 54.8 Å². The Balaban J connectivity index is 2.08. The minimum atomic E-state index is -4.14. The number of carbonyl (C=O) groups excluding carboxylic acids is 1. The van der Waals surface area contributed by atoms with Crippen molar-refractivity contribution >= 4 is 33.2 Å². The number of carbonyl (C=O) groups is 1. The van der Waals surface area contributed by atoms with Crippen LogP contribution in [0.1, 0.15) is 41.3 Å². The van der Waals surface area contributed by atoms with Crippen LogP contribution < -0.4 is 4.31 Å². The Morgan fingerprint density at radius 1 is 0.967 bits per heavy atom. The highest BCUT2D eigenvalue weighted by Gasteiger charge is 2.32. The van der Waals surface area contributed by atoms with Crippen LogP contribution in [0.15, 0.2) is 77.7 Å². The first-order chi connectivity index (χ1) is 14.3. The maximum absolute atomic E-state index is 13.5. The molecule has 3 rings (SSSR count). The van der Waals surface area contributed by atoms with Gasteiger partial charge in [-0.3, -0.25) is 4.79 Å². The van der Waals surface area contributed by atoms with Gasteiger partial charge in [-0.2, -0.15) is 4.31 Å². The van der Waals surface area contributed by atoms with Crippen LogP contribution in [-0.4, -0.2) is 14.3 Å². The van der Waals surface area contributed by atoms with Crippen LogP contribution in [-0.2, 0) is 16.4 Å². The highest BCUT2D eigenvalue weighted by molar-refractivity contribution is 7.93. The molecule has 4 nitrogen and oxygen atoms in total. The second-order valence-corrected chi connectivity index (χ2v) is 9.39. The summed E-state index contributed by atoms with van der Waals surface area (Å²) in [5.74, 6) is -0.602. The monoisotopic (exact) mass is 441 g/mol. The number of nitrogens with zero attached hydrogens (tertiary/aromatic N) is 1. The lowest BCUT2D eigenvalue weighted by atomic mass is 10.1. The first-order valence-electron chi connectivity index (χ1n) is 9.84. The first kappa shape index (κ1) is 22.1. The second-order valence-electron chi connectivity index (χ2n) is 7.17. The molecule has 0 aliphatic carbocycles. The standard InChI is InChI=1S/C24H24ClNO3S/c1-3-4-7-19-9-13-22(14-10-19)26(24(27)20-8-5-6-18(2)17-20)30(28,29)23-15-11-21(25)12-16-23/h5-6,8-17H,3-4,7H2,1-2H3. The minimum absolute atomic E-state index is 0.00274. The number of aryl methyl sites for hydroxylation is 2. The average Bonchev–Trinajstić information content (AvgIpc) is 2.73. The summed E-state index contributed by atoms with van der Waals surface area (Å²) < 4.78 is 27.8. The van der Waals surface area contributed by atoms with E-state index >= 15 is 0 Å². The van der Waals surface area contributed by atoms with Gasteiger partial charge >= 0.3 is 0 Å². The van der Waals surface area contributed by atoms with E-state index in [9.17, 15) is 13.2 Å². The van der Waals surface area contributed by atoms with E-state index in [0.29, 0.717) is 16.3 Å². The zero-order chi connectivity index (χ0) is 21.7. The fourth-order valence-electron chi connectivity index (χ4n) is 3.15. The molecule has 0 spiro atoms. The molecule has 1 amide bonds. The van der Waals surface area contributed by atoms with Gasteiger partial charge in [0.2, 0.25) is 0 Å². The molecule has 0 bridgehead atoms. The van der Waals surface area contributed by atoms with Gasteiger partial charge in [-0.15, -0.1) is 0 Å². The summed E-state index contributed by atoms with van der Waals surface area (Å²) in [6.07, 6.45) is 3.03. The van der Waals surface area contributed by atoms with Crippen molar-refractivity contribution in [3.8, 4) is 0 Å². The molecule has 156 valence electrons. The predicted octanol–water partition coefficient (Wildman–Crippen LogP) is 6.03. The Bertz CT molecular complexity index is 1120. The molecular formula is C24H24ClNO3S. The summed E-state index contributed by atoms with van der Waals surface area (Å²) in [5, 5.41) is 0.422. The topological polar surface area (TPSA) is 54.5 Å². The Labute approximate surface area is 183 Å². The third-order valence-corrected chi connectivity index (χ3v) is 6.77. The molecule has 30 heavy (non-hydrogen) atoms. The highest BCUT2D eigenvalue weighted by Crippen LogP contribution is 2.27. The van der Waals surface area contributed by atoms with Crippen molar-refractivity contribution in [3.63, 3.8) is 0 Å². The molecule has 0 heterocycles. The highest BCUT2D eigenvalue weighted by atomic mass is 35.5. The van der Waals surface area contributed by atoms with E-state index in [1.165, 1.54) is 24.3 Å². The molecule has 0 radical (unpaired) electrons. The van der Waals surface area contributed by atoms with Gasteiger partial charge < -0.3 is 0 Å². The van der Waals surface area contributed by atoms with Gasteiger partial charge in [-0.25, -0.2) is 8.42 Å². The van der Waals surface area contributed by atoms with E-state index in [1.807, 2.05) is 25.1 Å². The predicted molar refractivity (Wildman–Crippen MR) is 122 cm³/mol. The Kier molecular flexibility index (Phi) is 6.95. The van der Waals surface area contributed by atoms with Gasteiger partial charge in [0.15, 0.2) is 0 Å². The molecule has 0 saturated carbocycles. The lowest BCUT2D eigenvalue weighted by molar-refractivity contribution is 0.101. The molecule has 0 unspecified atom stereocenters.